The van der Waals surface area contributed by atoms with Crippen molar-refractivity contribution in [3.8, 4) is 6.07 Å². The maximum absolute atomic E-state index is 12.8. The van der Waals surface area contributed by atoms with Gasteiger partial charge in [-0.15, -0.1) is 11.3 Å². The smallest absolute Gasteiger partial charge is 0.355 e. The van der Waals surface area contributed by atoms with Gasteiger partial charge in [0.1, 0.15) is 16.8 Å². The molecule has 160 valence electrons. The summed E-state index contributed by atoms with van der Waals surface area (Å²) >= 11 is 1.23. The van der Waals surface area contributed by atoms with E-state index >= 15 is 0 Å². The van der Waals surface area contributed by atoms with Crippen LogP contribution in [0.4, 0.5) is 10.7 Å². The van der Waals surface area contributed by atoms with Gasteiger partial charge in [-0.3, -0.25) is 9.80 Å². The molecule has 1 aliphatic heterocycles. The molecule has 2 atom stereocenters. The molecular formula is C24H20N4O3S. The van der Waals surface area contributed by atoms with Crippen molar-refractivity contribution in [1.82, 2.24) is 0 Å². The molecule has 1 amide bonds. The predicted octanol–water partition coefficient (Wildman–Crippen LogP) is 4.50. The van der Waals surface area contributed by atoms with Crippen molar-refractivity contribution in [3.63, 3.8) is 0 Å². The average molecular weight is 445 g/mol. The summed E-state index contributed by atoms with van der Waals surface area (Å²) in [4.78, 5) is 25.3. The number of nitrogens with zero attached hydrogens (tertiary/aromatic N) is 3. The number of rotatable bonds is 6. The van der Waals surface area contributed by atoms with Gasteiger partial charge in [0.25, 0.3) is 5.91 Å². The molecule has 0 bridgehead atoms. The second kappa shape index (κ2) is 9.45. The summed E-state index contributed by atoms with van der Waals surface area (Å²) in [6.45, 7) is 1.49. The van der Waals surface area contributed by atoms with E-state index in [-0.39, 0.29) is 11.8 Å². The Kier molecular flexibility index (Phi) is 6.29. The topological polar surface area (TPSA) is 94.8 Å². The Labute approximate surface area is 189 Å². The van der Waals surface area contributed by atoms with E-state index in [1.54, 1.807) is 11.4 Å². The van der Waals surface area contributed by atoms with E-state index in [4.69, 9.17) is 10.00 Å². The van der Waals surface area contributed by atoms with Gasteiger partial charge in [-0.25, -0.2) is 4.79 Å². The van der Waals surface area contributed by atoms with E-state index in [1.165, 1.54) is 18.3 Å². The molecule has 3 aromatic rings. The number of hydrazone groups is 1. The lowest BCUT2D eigenvalue weighted by Gasteiger charge is -2.23. The number of hydrogen-bond acceptors (Lipinski definition) is 7. The number of esters is 1. The van der Waals surface area contributed by atoms with Crippen LogP contribution >= 0.6 is 11.3 Å². The van der Waals surface area contributed by atoms with E-state index in [0.29, 0.717) is 17.0 Å². The van der Waals surface area contributed by atoms with Gasteiger partial charge in [0.05, 0.1) is 17.3 Å². The maximum atomic E-state index is 12.8. The second-order valence-electron chi connectivity index (χ2n) is 7.17. The largest absolute Gasteiger partial charge is 0.448 e. The highest BCUT2D eigenvalue weighted by Crippen LogP contribution is 2.35. The zero-order chi connectivity index (χ0) is 22.5. The Balaban J connectivity index is 1.49. The van der Waals surface area contributed by atoms with Crippen LogP contribution < -0.4 is 10.3 Å². The van der Waals surface area contributed by atoms with Crippen LogP contribution in [0.15, 0.2) is 77.2 Å². The third-order valence-electron chi connectivity index (χ3n) is 5.03. The number of hydrogen-bond donors (Lipinski definition) is 1. The van der Waals surface area contributed by atoms with Crippen molar-refractivity contribution in [2.75, 3.05) is 10.3 Å². The standard InChI is InChI=1S/C24H20N4O3S/c1-16(22(29)26-23-18(15-25)12-13-32-23)31-24(30)20-14-21(17-8-4-2-5-9-17)28(27-20)19-10-6-3-7-11-19/h2-13,16,21H,14H2,1H3,(H,26,29)/t16-,21-/m0/s1. The number of thiophene rings is 1. The van der Waals surface area contributed by atoms with Crippen LogP contribution in [-0.4, -0.2) is 23.7 Å². The zero-order valence-corrected chi connectivity index (χ0v) is 18.1. The summed E-state index contributed by atoms with van der Waals surface area (Å²) in [6.07, 6.45) is -0.685. The SMILES string of the molecule is C[C@H](OC(=O)C1=NN(c2ccccc2)[C@H](c2ccccc2)C1)C(=O)Nc1sccc1C#N. The lowest BCUT2D eigenvalue weighted by molar-refractivity contribution is -0.146. The van der Waals surface area contributed by atoms with Gasteiger partial charge in [0, 0.05) is 6.42 Å². The lowest BCUT2D eigenvalue weighted by atomic mass is 10.0. The highest BCUT2D eigenvalue weighted by molar-refractivity contribution is 7.14. The molecule has 0 saturated carbocycles. The van der Waals surface area contributed by atoms with Gasteiger partial charge in [0.2, 0.25) is 0 Å². The molecule has 8 heteroatoms. The molecule has 0 unspecified atom stereocenters. The van der Waals surface area contributed by atoms with Crippen molar-refractivity contribution in [1.29, 1.82) is 5.26 Å². The molecule has 4 rings (SSSR count). The first kappa shape index (κ1) is 21.3. The predicted molar refractivity (Wildman–Crippen MR) is 123 cm³/mol. The fraction of sp³-hybridized carbons (Fsp3) is 0.167. The van der Waals surface area contributed by atoms with Gasteiger partial charge in [-0.05, 0) is 36.1 Å². The lowest BCUT2D eigenvalue weighted by Crippen LogP contribution is -2.32. The Hall–Kier alpha value is -3.96. The van der Waals surface area contributed by atoms with Crippen LogP contribution in [0.2, 0.25) is 0 Å². The molecule has 0 radical (unpaired) electrons. The van der Waals surface area contributed by atoms with Crippen LogP contribution in [-0.2, 0) is 14.3 Å². The summed E-state index contributed by atoms with van der Waals surface area (Å²) in [5.74, 6) is -1.14. The summed E-state index contributed by atoms with van der Waals surface area (Å²) in [5, 5.41) is 20.2. The number of ether oxygens (including phenoxy) is 1. The van der Waals surface area contributed by atoms with Gasteiger partial charge in [-0.1, -0.05) is 48.5 Å². The van der Waals surface area contributed by atoms with E-state index in [2.05, 4.69) is 10.4 Å². The molecule has 1 N–H and O–H groups in total. The second-order valence-corrected chi connectivity index (χ2v) is 8.09. The van der Waals surface area contributed by atoms with Gasteiger partial charge in [-0.2, -0.15) is 10.4 Å². The highest BCUT2D eigenvalue weighted by atomic mass is 32.1. The molecule has 0 aliphatic carbocycles. The van der Waals surface area contributed by atoms with Crippen molar-refractivity contribution < 1.29 is 14.3 Å². The first-order valence-electron chi connectivity index (χ1n) is 10.0. The van der Waals surface area contributed by atoms with E-state index < -0.39 is 18.0 Å². The molecule has 32 heavy (non-hydrogen) atoms. The van der Waals surface area contributed by atoms with E-state index in [9.17, 15) is 9.59 Å². The van der Waals surface area contributed by atoms with Crippen molar-refractivity contribution >= 4 is 39.6 Å². The van der Waals surface area contributed by atoms with Crippen molar-refractivity contribution in [3.05, 3.63) is 83.2 Å². The molecule has 0 spiro atoms. The minimum Gasteiger partial charge on any atom is -0.448 e. The Bertz CT molecular complexity index is 1180. The number of para-hydroxylation sites is 1. The fourth-order valence-electron chi connectivity index (χ4n) is 3.38. The van der Waals surface area contributed by atoms with Gasteiger partial charge < -0.3 is 10.1 Å². The monoisotopic (exact) mass is 444 g/mol. The number of amides is 1. The third-order valence-corrected chi connectivity index (χ3v) is 5.86. The van der Waals surface area contributed by atoms with Gasteiger partial charge in [0.15, 0.2) is 6.10 Å². The molecular weight excluding hydrogens is 424 g/mol. The zero-order valence-electron chi connectivity index (χ0n) is 17.3. The van der Waals surface area contributed by atoms with Crippen LogP contribution in [0.25, 0.3) is 0 Å². The number of nitriles is 1. The molecule has 1 aromatic heterocycles. The van der Waals surface area contributed by atoms with Crippen molar-refractivity contribution in [2.45, 2.75) is 25.5 Å². The van der Waals surface area contributed by atoms with Crippen LogP contribution in [0.1, 0.15) is 30.5 Å². The number of carbonyl (C=O) groups excluding carboxylic acids is 2. The van der Waals surface area contributed by atoms with Crippen LogP contribution in [0.5, 0.6) is 0 Å². The third kappa shape index (κ3) is 4.53. The van der Waals surface area contributed by atoms with E-state index in [0.717, 1.165) is 11.3 Å². The molecule has 7 nitrogen and oxygen atoms in total. The normalized spacial score (nSPS) is 16.1. The van der Waals surface area contributed by atoms with Gasteiger partial charge >= 0.3 is 5.97 Å². The summed E-state index contributed by atoms with van der Waals surface area (Å²) < 4.78 is 5.40. The summed E-state index contributed by atoms with van der Waals surface area (Å²) in [5.41, 5.74) is 2.49. The van der Waals surface area contributed by atoms with E-state index in [1.807, 2.05) is 71.7 Å². The minimum absolute atomic E-state index is 0.158. The fourth-order valence-corrected chi connectivity index (χ4v) is 4.12. The average Bonchev–Trinajstić information content (AvgIpc) is 3.47. The maximum Gasteiger partial charge on any atom is 0.355 e. The number of anilines is 2. The minimum atomic E-state index is -1.04. The number of carbonyl (C=O) groups is 2. The molecule has 2 aromatic carbocycles. The summed E-state index contributed by atoms with van der Waals surface area (Å²) in [7, 11) is 0. The van der Waals surface area contributed by atoms with Crippen LogP contribution in [0, 0.1) is 11.3 Å². The molecule has 1 aliphatic rings. The Morgan fingerprint density at radius 1 is 1.16 bits per heavy atom. The Morgan fingerprint density at radius 3 is 2.53 bits per heavy atom. The molecule has 0 saturated heterocycles. The Morgan fingerprint density at radius 2 is 1.84 bits per heavy atom. The number of benzene rings is 2. The summed E-state index contributed by atoms with van der Waals surface area (Å²) in [6, 6.07) is 22.9. The molecule has 2 heterocycles. The number of nitrogens with one attached hydrogen (secondary N) is 1. The first-order chi connectivity index (χ1) is 15.6. The van der Waals surface area contributed by atoms with Crippen LogP contribution in [0.3, 0.4) is 0 Å². The first-order valence-corrected chi connectivity index (χ1v) is 10.9. The highest BCUT2D eigenvalue weighted by Gasteiger charge is 2.34. The molecule has 0 fully saturated rings. The van der Waals surface area contributed by atoms with Crippen molar-refractivity contribution in [2.24, 2.45) is 5.10 Å². The quantitative estimate of drug-likeness (QED) is 0.565.